The molecule has 0 aliphatic carbocycles. The highest BCUT2D eigenvalue weighted by Crippen LogP contribution is 2.27. The molecule has 0 atom stereocenters. The summed E-state index contributed by atoms with van der Waals surface area (Å²) in [5, 5.41) is 8.29. The summed E-state index contributed by atoms with van der Waals surface area (Å²) in [7, 11) is 5.90. The molecule has 110 valence electrons. The standard InChI is InChI=1S/C14H19N7/c1-9-17-18-12(20(9)3)8-19(2)10-6-5-7-11-13(10)16-14(15)21(11)4/h5-7H,8H2,1-4H3,(H2,15,16). The van der Waals surface area contributed by atoms with Gasteiger partial charge in [-0.1, -0.05) is 6.07 Å². The number of aryl methyl sites for hydroxylation is 2. The van der Waals surface area contributed by atoms with E-state index in [0.29, 0.717) is 12.5 Å². The van der Waals surface area contributed by atoms with Crippen LogP contribution in [-0.4, -0.2) is 31.4 Å². The van der Waals surface area contributed by atoms with Crippen molar-refractivity contribution in [2.75, 3.05) is 17.7 Å². The van der Waals surface area contributed by atoms with Crippen LogP contribution >= 0.6 is 0 Å². The predicted octanol–water partition coefficient (Wildman–Crippen LogP) is 1.23. The maximum absolute atomic E-state index is 5.91. The SMILES string of the molecule is Cc1nnc(CN(C)c2cccc3c2nc(N)n3C)n1C. The summed E-state index contributed by atoms with van der Waals surface area (Å²) >= 11 is 0. The summed E-state index contributed by atoms with van der Waals surface area (Å²) in [6, 6.07) is 6.07. The van der Waals surface area contributed by atoms with Gasteiger partial charge in [0.1, 0.15) is 11.3 Å². The maximum atomic E-state index is 5.91. The number of para-hydroxylation sites is 1. The maximum Gasteiger partial charge on any atom is 0.201 e. The normalized spacial score (nSPS) is 11.2. The van der Waals surface area contributed by atoms with E-state index in [0.717, 1.165) is 28.4 Å². The summed E-state index contributed by atoms with van der Waals surface area (Å²) in [5.41, 5.74) is 8.86. The largest absolute Gasteiger partial charge is 0.369 e. The van der Waals surface area contributed by atoms with Gasteiger partial charge in [-0.15, -0.1) is 10.2 Å². The zero-order chi connectivity index (χ0) is 15.1. The van der Waals surface area contributed by atoms with Crippen molar-refractivity contribution in [3.8, 4) is 0 Å². The van der Waals surface area contributed by atoms with Gasteiger partial charge in [-0.05, 0) is 19.1 Å². The molecule has 2 heterocycles. The van der Waals surface area contributed by atoms with Crippen LogP contribution in [0.2, 0.25) is 0 Å². The third kappa shape index (κ3) is 2.10. The van der Waals surface area contributed by atoms with Crippen LogP contribution in [0.5, 0.6) is 0 Å². The molecule has 0 fully saturated rings. The van der Waals surface area contributed by atoms with Gasteiger partial charge in [0.15, 0.2) is 5.82 Å². The number of anilines is 2. The number of fused-ring (bicyclic) bond motifs is 1. The second-order valence-electron chi connectivity index (χ2n) is 5.25. The van der Waals surface area contributed by atoms with E-state index in [1.165, 1.54) is 0 Å². The van der Waals surface area contributed by atoms with Gasteiger partial charge in [-0.3, -0.25) is 0 Å². The van der Waals surface area contributed by atoms with Gasteiger partial charge in [0.25, 0.3) is 0 Å². The summed E-state index contributed by atoms with van der Waals surface area (Å²) in [4.78, 5) is 6.57. The molecule has 0 bridgehead atoms. The molecule has 0 spiro atoms. The second kappa shape index (κ2) is 4.76. The minimum Gasteiger partial charge on any atom is -0.369 e. The molecule has 3 rings (SSSR count). The molecule has 0 aliphatic heterocycles. The van der Waals surface area contributed by atoms with E-state index in [1.807, 2.05) is 55.4 Å². The Balaban J connectivity index is 2.00. The Kier molecular flexibility index (Phi) is 3.04. The van der Waals surface area contributed by atoms with Crippen molar-refractivity contribution >= 4 is 22.7 Å². The molecular weight excluding hydrogens is 266 g/mol. The second-order valence-corrected chi connectivity index (χ2v) is 5.25. The lowest BCUT2D eigenvalue weighted by molar-refractivity contribution is 0.748. The molecule has 1 aromatic carbocycles. The first-order valence-corrected chi connectivity index (χ1v) is 6.76. The Labute approximate surface area is 123 Å². The third-order valence-electron chi connectivity index (χ3n) is 3.90. The van der Waals surface area contributed by atoms with Crippen LogP contribution in [0.25, 0.3) is 11.0 Å². The average molecular weight is 285 g/mol. The molecule has 0 radical (unpaired) electrons. The Morgan fingerprint density at radius 2 is 1.95 bits per heavy atom. The minimum absolute atomic E-state index is 0.514. The van der Waals surface area contributed by atoms with E-state index in [2.05, 4.69) is 20.1 Å². The van der Waals surface area contributed by atoms with Crippen LogP contribution in [0, 0.1) is 6.92 Å². The van der Waals surface area contributed by atoms with E-state index in [9.17, 15) is 0 Å². The highest BCUT2D eigenvalue weighted by atomic mass is 15.3. The summed E-state index contributed by atoms with van der Waals surface area (Å²) < 4.78 is 3.88. The van der Waals surface area contributed by atoms with Gasteiger partial charge in [0.05, 0.1) is 17.7 Å². The van der Waals surface area contributed by atoms with Crippen LogP contribution in [0.3, 0.4) is 0 Å². The molecule has 2 N–H and O–H groups in total. The lowest BCUT2D eigenvalue weighted by Gasteiger charge is -2.19. The van der Waals surface area contributed by atoms with Crippen LogP contribution in [0.1, 0.15) is 11.6 Å². The molecule has 0 unspecified atom stereocenters. The number of hydrogen-bond acceptors (Lipinski definition) is 5. The van der Waals surface area contributed by atoms with Gasteiger partial charge in [-0.25, -0.2) is 4.98 Å². The summed E-state index contributed by atoms with van der Waals surface area (Å²) in [6.45, 7) is 2.60. The lowest BCUT2D eigenvalue weighted by Crippen LogP contribution is -2.19. The fraction of sp³-hybridized carbons (Fsp3) is 0.357. The number of nitrogens with zero attached hydrogens (tertiary/aromatic N) is 6. The van der Waals surface area contributed by atoms with Gasteiger partial charge in [-0.2, -0.15) is 0 Å². The molecule has 2 aromatic heterocycles. The molecule has 0 saturated heterocycles. The fourth-order valence-corrected chi connectivity index (χ4v) is 2.41. The van der Waals surface area contributed by atoms with Crippen LogP contribution < -0.4 is 10.6 Å². The third-order valence-corrected chi connectivity index (χ3v) is 3.90. The van der Waals surface area contributed by atoms with Crippen LogP contribution in [0.4, 0.5) is 11.6 Å². The lowest BCUT2D eigenvalue weighted by atomic mass is 10.2. The molecular formula is C14H19N7. The number of benzene rings is 1. The summed E-state index contributed by atoms with van der Waals surface area (Å²) in [6.07, 6.45) is 0. The van der Waals surface area contributed by atoms with Crippen molar-refractivity contribution in [2.24, 2.45) is 14.1 Å². The van der Waals surface area contributed by atoms with Crippen molar-refractivity contribution in [1.82, 2.24) is 24.3 Å². The quantitative estimate of drug-likeness (QED) is 0.783. The van der Waals surface area contributed by atoms with Gasteiger partial charge >= 0.3 is 0 Å². The first-order chi connectivity index (χ1) is 9.99. The number of hydrogen-bond donors (Lipinski definition) is 1. The monoisotopic (exact) mass is 285 g/mol. The molecule has 0 saturated carbocycles. The smallest absolute Gasteiger partial charge is 0.201 e. The number of nitrogens with two attached hydrogens (primary N) is 1. The van der Waals surface area contributed by atoms with Gasteiger partial charge in [0, 0.05) is 21.1 Å². The highest BCUT2D eigenvalue weighted by Gasteiger charge is 2.14. The van der Waals surface area contributed by atoms with E-state index in [-0.39, 0.29) is 0 Å². The first-order valence-electron chi connectivity index (χ1n) is 6.76. The van der Waals surface area contributed by atoms with Crippen LogP contribution in [0.15, 0.2) is 18.2 Å². The van der Waals surface area contributed by atoms with E-state index >= 15 is 0 Å². The van der Waals surface area contributed by atoms with E-state index < -0.39 is 0 Å². The number of rotatable bonds is 3. The Morgan fingerprint density at radius 1 is 1.19 bits per heavy atom. The molecule has 0 amide bonds. The van der Waals surface area contributed by atoms with Crippen molar-refractivity contribution in [1.29, 1.82) is 0 Å². The zero-order valence-corrected chi connectivity index (χ0v) is 12.7. The molecule has 7 nitrogen and oxygen atoms in total. The highest BCUT2D eigenvalue weighted by molar-refractivity contribution is 5.90. The minimum atomic E-state index is 0.514. The fourth-order valence-electron chi connectivity index (χ4n) is 2.41. The summed E-state index contributed by atoms with van der Waals surface area (Å²) in [5.74, 6) is 2.33. The van der Waals surface area contributed by atoms with Gasteiger partial charge < -0.3 is 19.8 Å². The Morgan fingerprint density at radius 3 is 2.62 bits per heavy atom. The number of nitrogen functional groups attached to an aromatic ring is 1. The van der Waals surface area contributed by atoms with Crippen LogP contribution in [-0.2, 0) is 20.6 Å². The first kappa shape index (κ1) is 13.4. The Hall–Kier alpha value is -2.57. The van der Waals surface area contributed by atoms with Crippen molar-refractivity contribution in [3.63, 3.8) is 0 Å². The zero-order valence-electron chi connectivity index (χ0n) is 12.7. The Bertz CT molecular complexity index is 799. The number of imidazole rings is 1. The molecule has 0 aliphatic rings. The van der Waals surface area contributed by atoms with Crippen molar-refractivity contribution < 1.29 is 0 Å². The van der Waals surface area contributed by atoms with E-state index in [4.69, 9.17) is 5.73 Å². The molecule has 21 heavy (non-hydrogen) atoms. The predicted molar refractivity (Wildman–Crippen MR) is 83.0 cm³/mol. The number of aromatic nitrogens is 5. The average Bonchev–Trinajstić information content (AvgIpc) is 2.93. The topological polar surface area (TPSA) is 77.8 Å². The van der Waals surface area contributed by atoms with Crippen molar-refractivity contribution in [2.45, 2.75) is 13.5 Å². The van der Waals surface area contributed by atoms with Gasteiger partial charge in [0.2, 0.25) is 5.95 Å². The molecule has 3 aromatic rings. The molecule has 7 heteroatoms. The van der Waals surface area contributed by atoms with Crippen molar-refractivity contribution in [3.05, 3.63) is 29.8 Å². The van der Waals surface area contributed by atoms with E-state index in [1.54, 1.807) is 0 Å².